The molecule has 1 saturated heterocycles. The predicted octanol–water partition coefficient (Wildman–Crippen LogP) is 5.95. The van der Waals surface area contributed by atoms with Gasteiger partial charge < -0.3 is 15.3 Å². The average molecular weight is 648 g/mol. The van der Waals surface area contributed by atoms with Crippen molar-refractivity contribution in [3.8, 4) is 16.9 Å². The molecule has 0 aliphatic carbocycles. The van der Waals surface area contributed by atoms with Gasteiger partial charge in [0.1, 0.15) is 29.4 Å². The van der Waals surface area contributed by atoms with Crippen molar-refractivity contribution in [3.05, 3.63) is 77.0 Å². The highest BCUT2D eigenvalue weighted by molar-refractivity contribution is 7.99. The van der Waals surface area contributed by atoms with Crippen molar-refractivity contribution < 1.29 is 13.9 Å². The number of hydrogen-bond acceptors (Lipinski definition) is 9. The lowest BCUT2D eigenvalue weighted by Gasteiger charge is -2.46. The topological polar surface area (TPSA) is 99.4 Å². The Hall–Kier alpha value is -3.87. The number of fused-ring (bicyclic) bond motifs is 7. The molecule has 6 bridgehead atoms. The molecule has 5 heterocycles. The summed E-state index contributed by atoms with van der Waals surface area (Å²) >= 11 is 1.66. The average Bonchev–Trinajstić information content (AvgIpc) is 3.03. The van der Waals surface area contributed by atoms with E-state index in [4.69, 9.17) is 9.97 Å². The van der Waals surface area contributed by atoms with Crippen LogP contribution in [0.15, 0.2) is 58.9 Å². The van der Waals surface area contributed by atoms with Crippen LogP contribution in [-0.4, -0.2) is 73.2 Å². The Morgan fingerprint density at radius 1 is 1.09 bits per heavy atom. The van der Waals surface area contributed by atoms with Crippen LogP contribution in [0.5, 0.6) is 0 Å². The molecule has 2 aliphatic rings. The lowest BCUT2D eigenvalue weighted by molar-refractivity contribution is 0.0000490. The van der Waals surface area contributed by atoms with E-state index in [2.05, 4.69) is 16.9 Å². The number of pyridine rings is 2. The van der Waals surface area contributed by atoms with Crippen molar-refractivity contribution in [2.24, 2.45) is 0 Å². The van der Waals surface area contributed by atoms with E-state index in [9.17, 15) is 9.90 Å². The van der Waals surface area contributed by atoms with Crippen LogP contribution in [0.2, 0.25) is 0 Å². The summed E-state index contributed by atoms with van der Waals surface area (Å²) in [5, 5.41) is 14.1. The summed E-state index contributed by atoms with van der Waals surface area (Å²) in [5.41, 5.74) is 1.21. The molecule has 242 valence electrons. The number of anilines is 2. The quantitative estimate of drug-likeness (QED) is 0.261. The molecular weight excluding hydrogens is 608 g/mol. The monoisotopic (exact) mass is 647 g/mol. The summed E-state index contributed by atoms with van der Waals surface area (Å²) in [6.45, 7) is 13.2. The van der Waals surface area contributed by atoms with E-state index in [1.807, 2.05) is 49.8 Å². The van der Waals surface area contributed by atoms with E-state index in [1.165, 1.54) is 22.8 Å². The first-order chi connectivity index (χ1) is 22.1. The van der Waals surface area contributed by atoms with E-state index in [0.717, 1.165) is 23.5 Å². The third-order valence-corrected chi connectivity index (χ3v) is 9.76. The van der Waals surface area contributed by atoms with E-state index in [0.29, 0.717) is 42.1 Å². The molecule has 4 aromatic rings. The van der Waals surface area contributed by atoms with Gasteiger partial charge in [-0.15, -0.1) is 11.8 Å². The summed E-state index contributed by atoms with van der Waals surface area (Å²) in [4.78, 5) is 33.1. The number of hydrogen-bond donors (Lipinski definition) is 2. The molecule has 0 spiro atoms. The van der Waals surface area contributed by atoms with Crippen LogP contribution in [0.25, 0.3) is 28.0 Å². The second-order valence-electron chi connectivity index (χ2n) is 12.3. The number of piperazine rings is 1. The van der Waals surface area contributed by atoms with Gasteiger partial charge in [-0.3, -0.25) is 9.88 Å². The maximum atomic E-state index is 16.2. The molecule has 9 nitrogen and oxygen atoms in total. The molecule has 6 rings (SSSR count). The predicted molar refractivity (Wildman–Crippen MR) is 180 cm³/mol. The highest BCUT2D eigenvalue weighted by atomic mass is 32.2. The molecule has 1 aromatic carbocycles. The Bertz CT molecular complexity index is 1850. The van der Waals surface area contributed by atoms with Gasteiger partial charge in [-0.1, -0.05) is 20.4 Å². The summed E-state index contributed by atoms with van der Waals surface area (Å²) in [5.74, 6) is -0.266. The minimum absolute atomic E-state index is 0.00520. The SMILES string of the molecule is C=CC(O)N1C[C@H](C)N(c2nc(=O)n3c4nc(c(F)cc24)-c2cc(ccc2F)NCCCCSc2cnc(C(C)C)c-3c2)C[C@H]1C. The fourth-order valence-electron chi connectivity index (χ4n) is 6.30. The lowest BCUT2D eigenvalue weighted by atomic mass is 10.1. The number of benzene rings is 1. The Balaban J connectivity index is 1.65. The molecular formula is C34H39F2N7O2S. The molecule has 3 aromatic heterocycles. The van der Waals surface area contributed by atoms with E-state index >= 15 is 8.78 Å². The number of aliphatic hydroxyl groups is 1. The van der Waals surface area contributed by atoms with Gasteiger partial charge in [0.25, 0.3) is 0 Å². The first-order valence-electron chi connectivity index (χ1n) is 15.7. The van der Waals surface area contributed by atoms with Crippen LogP contribution >= 0.6 is 11.8 Å². The zero-order valence-corrected chi connectivity index (χ0v) is 27.3. The van der Waals surface area contributed by atoms with Crippen LogP contribution in [0.1, 0.15) is 52.1 Å². The maximum absolute atomic E-state index is 16.2. The van der Waals surface area contributed by atoms with Crippen molar-refractivity contribution in [1.29, 1.82) is 0 Å². The van der Waals surface area contributed by atoms with Gasteiger partial charge in [0, 0.05) is 54.1 Å². The molecule has 0 amide bonds. The molecule has 2 aliphatic heterocycles. The molecule has 12 heteroatoms. The molecule has 0 radical (unpaired) electrons. The molecule has 0 saturated carbocycles. The number of aliphatic hydroxyl groups excluding tert-OH is 1. The van der Waals surface area contributed by atoms with Crippen LogP contribution in [0, 0.1) is 11.6 Å². The standard InChI is InChI=1S/C34H39F2N7O2S/c1-6-29(44)41-17-21(5)42(18-20(41)4)32-25-15-27(36)31-24-13-22(9-10-26(24)35)37-11-7-8-12-46-23-14-28(30(19(2)3)38-16-23)43(33(25)39-31)34(45)40-32/h6,9-10,13-16,19-21,29,37,44H,1,7-8,11-12,17-18H2,2-5H3/t20-,21+,29?/m1/s1. The number of nitrogens with zero attached hydrogens (tertiary/aromatic N) is 6. The largest absolute Gasteiger partial charge is 0.385 e. The van der Waals surface area contributed by atoms with Gasteiger partial charge in [0.15, 0.2) is 5.65 Å². The minimum atomic E-state index is -0.827. The molecule has 3 atom stereocenters. The van der Waals surface area contributed by atoms with Crippen molar-refractivity contribution >= 4 is 34.3 Å². The van der Waals surface area contributed by atoms with E-state index in [-0.39, 0.29) is 40.7 Å². The third-order valence-electron chi connectivity index (χ3n) is 8.71. The Morgan fingerprint density at radius 2 is 1.89 bits per heavy atom. The zero-order valence-electron chi connectivity index (χ0n) is 26.5. The van der Waals surface area contributed by atoms with E-state index in [1.54, 1.807) is 23.9 Å². The third kappa shape index (κ3) is 6.01. The van der Waals surface area contributed by atoms with Gasteiger partial charge in [0.2, 0.25) is 0 Å². The fourth-order valence-corrected chi connectivity index (χ4v) is 7.20. The van der Waals surface area contributed by atoms with Crippen LogP contribution in [0.3, 0.4) is 0 Å². The zero-order chi connectivity index (χ0) is 32.7. The van der Waals surface area contributed by atoms with Crippen LogP contribution < -0.4 is 15.9 Å². The summed E-state index contributed by atoms with van der Waals surface area (Å²) in [6, 6.07) is 7.40. The normalized spacial score (nSPS) is 19.8. The highest BCUT2D eigenvalue weighted by Crippen LogP contribution is 2.35. The van der Waals surface area contributed by atoms with Gasteiger partial charge >= 0.3 is 5.69 Å². The van der Waals surface area contributed by atoms with Gasteiger partial charge in [-0.2, -0.15) is 4.98 Å². The fraction of sp³-hybridized carbons (Fsp3) is 0.412. The Morgan fingerprint density at radius 3 is 2.65 bits per heavy atom. The Labute approximate surface area is 271 Å². The van der Waals surface area contributed by atoms with E-state index < -0.39 is 23.6 Å². The number of halogens is 2. The van der Waals surface area contributed by atoms with Crippen LogP contribution in [0.4, 0.5) is 20.3 Å². The first-order valence-corrected chi connectivity index (χ1v) is 16.7. The molecule has 46 heavy (non-hydrogen) atoms. The lowest BCUT2D eigenvalue weighted by Crippen LogP contribution is -2.59. The van der Waals surface area contributed by atoms with Crippen molar-refractivity contribution in [2.45, 2.75) is 69.7 Å². The highest BCUT2D eigenvalue weighted by Gasteiger charge is 2.34. The number of rotatable bonds is 4. The van der Waals surface area contributed by atoms with Crippen molar-refractivity contribution in [1.82, 2.24) is 24.4 Å². The van der Waals surface area contributed by atoms with Gasteiger partial charge in [-0.25, -0.2) is 23.1 Å². The van der Waals surface area contributed by atoms with Crippen molar-refractivity contribution in [3.63, 3.8) is 0 Å². The summed E-state index contributed by atoms with van der Waals surface area (Å²) in [7, 11) is 0. The van der Waals surface area contributed by atoms with Crippen LogP contribution in [-0.2, 0) is 0 Å². The molecule has 1 fully saturated rings. The summed E-state index contributed by atoms with van der Waals surface area (Å²) < 4.78 is 33.0. The minimum Gasteiger partial charge on any atom is -0.385 e. The second kappa shape index (κ2) is 13.1. The summed E-state index contributed by atoms with van der Waals surface area (Å²) in [6.07, 6.45) is 4.28. The van der Waals surface area contributed by atoms with Gasteiger partial charge in [-0.05, 0) is 74.8 Å². The second-order valence-corrected chi connectivity index (χ2v) is 13.5. The number of nitrogens with one attached hydrogen (secondary N) is 1. The smallest absolute Gasteiger partial charge is 0.355 e. The van der Waals surface area contributed by atoms with Crippen molar-refractivity contribution in [2.75, 3.05) is 35.6 Å². The number of aromatic nitrogens is 4. The maximum Gasteiger partial charge on any atom is 0.355 e. The number of thioether (sulfide) groups is 1. The molecule has 1 unspecified atom stereocenters. The van der Waals surface area contributed by atoms with Gasteiger partial charge in [0.05, 0.1) is 16.8 Å². The first kappa shape index (κ1) is 32.1. The molecule has 2 N–H and O–H groups in total. The Kier molecular flexibility index (Phi) is 9.13.